The molecule has 0 heterocycles. The van der Waals surface area contributed by atoms with Crippen LogP contribution in [0.15, 0.2) is 22.7 Å². The molecule has 0 fully saturated rings. The van der Waals surface area contributed by atoms with E-state index in [2.05, 4.69) is 20.7 Å². The molecular weight excluding hydrogens is 297 g/mol. The largest absolute Gasteiger partial charge is 0.464 e. The van der Waals surface area contributed by atoms with Crippen LogP contribution in [-0.4, -0.2) is 17.5 Å². The molecule has 0 aliphatic rings. The summed E-state index contributed by atoms with van der Waals surface area (Å²) in [6.07, 6.45) is -2.16. The lowest BCUT2D eigenvalue weighted by Gasteiger charge is -2.08. The standard InChI is InChI=1S/C10H9BrFNO4/c1-2-17-10(14)9(12)7-5-6(11)3-4-8(7)13(15)16/h3-5,9H,2H2,1H3. The van der Waals surface area contributed by atoms with Crippen molar-refractivity contribution in [3.05, 3.63) is 38.3 Å². The molecule has 17 heavy (non-hydrogen) atoms. The summed E-state index contributed by atoms with van der Waals surface area (Å²) >= 11 is 3.06. The Morgan fingerprint density at radius 1 is 1.65 bits per heavy atom. The monoisotopic (exact) mass is 305 g/mol. The fourth-order valence-electron chi connectivity index (χ4n) is 1.24. The molecular formula is C10H9BrFNO4. The van der Waals surface area contributed by atoms with E-state index in [0.29, 0.717) is 4.47 Å². The molecule has 0 N–H and O–H groups in total. The number of nitro groups is 1. The summed E-state index contributed by atoms with van der Waals surface area (Å²) in [6.45, 7) is 1.54. The van der Waals surface area contributed by atoms with Crippen LogP contribution in [0.5, 0.6) is 0 Å². The van der Waals surface area contributed by atoms with Crippen molar-refractivity contribution in [2.45, 2.75) is 13.1 Å². The van der Waals surface area contributed by atoms with Gasteiger partial charge in [-0.25, -0.2) is 9.18 Å². The highest BCUT2D eigenvalue weighted by atomic mass is 79.9. The molecule has 0 radical (unpaired) electrons. The van der Waals surface area contributed by atoms with E-state index in [0.717, 1.165) is 6.07 Å². The molecule has 1 atom stereocenters. The molecule has 0 saturated heterocycles. The Hall–Kier alpha value is -1.50. The number of alkyl halides is 1. The van der Waals surface area contributed by atoms with Crippen molar-refractivity contribution in [3.63, 3.8) is 0 Å². The van der Waals surface area contributed by atoms with E-state index in [1.807, 2.05) is 0 Å². The first-order valence-corrected chi connectivity index (χ1v) is 5.51. The van der Waals surface area contributed by atoms with Crippen molar-refractivity contribution in [1.29, 1.82) is 0 Å². The molecule has 0 aliphatic carbocycles. The summed E-state index contributed by atoms with van der Waals surface area (Å²) in [5, 5.41) is 10.7. The van der Waals surface area contributed by atoms with E-state index >= 15 is 0 Å². The second-order valence-corrected chi connectivity index (χ2v) is 3.99. The lowest BCUT2D eigenvalue weighted by Crippen LogP contribution is -2.13. The third-order valence-electron chi connectivity index (χ3n) is 1.95. The Morgan fingerprint density at radius 2 is 2.29 bits per heavy atom. The van der Waals surface area contributed by atoms with Crippen molar-refractivity contribution in [1.82, 2.24) is 0 Å². The van der Waals surface area contributed by atoms with Crippen molar-refractivity contribution < 1.29 is 18.8 Å². The maximum absolute atomic E-state index is 13.7. The molecule has 1 rings (SSSR count). The molecule has 5 nitrogen and oxygen atoms in total. The number of nitro benzene ring substituents is 1. The third kappa shape index (κ3) is 3.23. The number of hydrogen-bond acceptors (Lipinski definition) is 4. The molecule has 1 unspecified atom stereocenters. The van der Waals surface area contributed by atoms with Gasteiger partial charge in [-0.05, 0) is 19.1 Å². The van der Waals surface area contributed by atoms with Crippen LogP contribution in [0.2, 0.25) is 0 Å². The molecule has 0 spiro atoms. The van der Waals surface area contributed by atoms with Gasteiger partial charge in [0.1, 0.15) is 0 Å². The van der Waals surface area contributed by atoms with Crippen molar-refractivity contribution in [3.8, 4) is 0 Å². The van der Waals surface area contributed by atoms with Crippen LogP contribution in [0.25, 0.3) is 0 Å². The van der Waals surface area contributed by atoms with Gasteiger partial charge in [0, 0.05) is 10.5 Å². The Morgan fingerprint density at radius 3 is 2.82 bits per heavy atom. The molecule has 1 aromatic rings. The highest BCUT2D eigenvalue weighted by Crippen LogP contribution is 2.31. The molecule has 0 bridgehead atoms. The highest BCUT2D eigenvalue weighted by Gasteiger charge is 2.29. The third-order valence-corrected chi connectivity index (χ3v) is 2.45. The second kappa shape index (κ2) is 5.72. The maximum atomic E-state index is 13.7. The summed E-state index contributed by atoms with van der Waals surface area (Å²) < 4.78 is 18.6. The SMILES string of the molecule is CCOC(=O)C(F)c1cc(Br)ccc1[N+](=O)[O-]. The Balaban J connectivity index is 3.14. The first-order valence-electron chi connectivity index (χ1n) is 4.72. The van der Waals surface area contributed by atoms with Gasteiger partial charge < -0.3 is 4.74 Å². The Bertz CT molecular complexity index is 452. The predicted molar refractivity (Wildman–Crippen MR) is 61.3 cm³/mol. The van der Waals surface area contributed by atoms with Gasteiger partial charge in [-0.15, -0.1) is 0 Å². The maximum Gasteiger partial charge on any atom is 0.345 e. The number of carbonyl (C=O) groups is 1. The zero-order valence-electron chi connectivity index (χ0n) is 8.85. The van der Waals surface area contributed by atoms with Crippen molar-refractivity contribution in [2.75, 3.05) is 6.61 Å². The first kappa shape index (κ1) is 13.6. The summed E-state index contributed by atoms with van der Waals surface area (Å²) in [5.41, 5.74) is -0.767. The molecule has 0 aromatic heterocycles. The minimum atomic E-state index is -2.16. The number of hydrogen-bond donors (Lipinski definition) is 0. The summed E-state index contributed by atoms with van der Waals surface area (Å²) in [6, 6.07) is 3.73. The first-order chi connectivity index (χ1) is 7.97. The number of benzene rings is 1. The summed E-state index contributed by atoms with van der Waals surface area (Å²) in [7, 11) is 0. The average molecular weight is 306 g/mol. The number of carbonyl (C=O) groups excluding carboxylic acids is 1. The van der Waals surface area contributed by atoms with Gasteiger partial charge in [-0.1, -0.05) is 15.9 Å². The normalized spacial score (nSPS) is 11.9. The van der Waals surface area contributed by atoms with Gasteiger partial charge in [-0.2, -0.15) is 0 Å². The predicted octanol–water partition coefficient (Wildman–Crippen LogP) is 2.93. The zero-order chi connectivity index (χ0) is 13.0. The fourth-order valence-corrected chi connectivity index (χ4v) is 1.62. The van der Waals surface area contributed by atoms with Gasteiger partial charge in [0.05, 0.1) is 17.1 Å². The van der Waals surface area contributed by atoms with Gasteiger partial charge in [-0.3, -0.25) is 10.1 Å². The number of halogens is 2. The minimum absolute atomic E-state index is 0.0149. The van der Waals surface area contributed by atoms with Crippen molar-refractivity contribution >= 4 is 27.6 Å². The molecule has 7 heteroatoms. The Labute approximate surface area is 105 Å². The Kier molecular flexibility index (Phi) is 4.56. The molecule has 92 valence electrons. The smallest absolute Gasteiger partial charge is 0.345 e. The van der Waals surface area contributed by atoms with Gasteiger partial charge in [0.15, 0.2) is 0 Å². The van der Waals surface area contributed by atoms with E-state index in [1.165, 1.54) is 19.1 Å². The lowest BCUT2D eigenvalue weighted by molar-refractivity contribution is -0.386. The van der Waals surface area contributed by atoms with E-state index in [1.54, 1.807) is 0 Å². The van der Waals surface area contributed by atoms with Crippen LogP contribution < -0.4 is 0 Å². The number of rotatable bonds is 4. The average Bonchev–Trinajstić information content (AvgIpc) is 2.27. The fraction of sp³-hybridized carbons (Fsp3) is 0.300. The van der Waals surface area contributed by atoms with Gasteiger partial charge in [0.25, 0.3) is 5.69 Å². The number of nitrogens with zero attached hydrogens (tertiary/aromatic N) is 1. The van der Waals surface area contributed by atoms with Crippen LogP contribution in [-0.2, 0) is 9.53 Å². The van der Waals surface area contributed by atoms with Crippen LogP contribution in [0.1, 0.15) is 18.7 Å². The van der Waals surface area contributed by atoms with Crippen LogP contribution >= 0.6 is 15.9 Å². The zero-order valence-corrected chi connectivity index (χ0v) is 10.4. The molecule has 1 aromatic carbocycles. The lowest BCUT2D eigenvalue weighted by atomic mass is 10.1. The van der Waals surface area contributed by atoms with E-state index in [-0.39, 0.29) is 12.2 Å². The number of esters is 1. The topological polar surface area (TPSA) is 69.4 Å². The van der Waals surface area contributed by atoms with E-state index < -0.39 is 22.8 Å². The van der Waals surface area contributed by atoms with Crippen molar-refractivity contribution in [2.24, 2.45) is 0 Å². The summed E-state index contributed by atoms with van der Waals surface area (Å²) in [5.74, 6) is -1.13. The summed E-state index contributed by atoms with van der Waals surface area (Å²) in [4.78, 5) is 21.1. The van der Waals surface area contributed by atoms with Gasteiger partial charge >= 0.3 is 5.97 Å². The van der Waals surface area contributed by atoms with Crippen LogP contribution in [0.3, 0.4) is 0 Å². The van der Waals surface area contributed by atoms with Crippen LogP contribution in [0.4, 0.5) is 10.1 Å². The quantitative estimate of drug-likeness (QED) is 0.487. The van der Waals surface area contributed by atoms with Crippen LogP contribution in [0, 0.1) is 10.1 Å². The van der Waals surface area contributed by atoms with E-state index in [9.17, 15) is 19.3 Å². The highest BCUT2D eigenvalue weighted by molar-refractivity contribution is 9.10. The van der Waals surface area contributed by atoms with Gasteiger partial charge in [0.2, 0.25) is 6.17 Å². The number of ether oxygens (including phenoxy) is 1. The molecule has 0 amide bonds. The second-order valence-electron chi connectivity index (χ2n) is 3.07. The molecule has 0 saturated carbocycles. The van der Waals surface area contributed by atoms with E-state index in [4.69, 9.17) is 0 Å². The minimum Gasteiger partial charge on any atom is -0.464 e. The molecule has 0 aliphatic heterocycles.